The van der Waals surface area contributed by atoms with Crippen molar-refractivity contribution in [2.75, 3.05) is 10.6 Å². The second-order valence-corrected chi connectivity index (χ2v) is 5.65. The van der Waals surface area contributed by atoms with Gasteiger partial charge in [-0.25, -0.2) is 4.98 Å². The van der Waals surface area contributed by atoms with E-state index in [2.05, 4.69) is 15.6 Å². The van der Waals surface area contributed by atoms with Gasteiger partial charge in [-0.05, 0) is 44.2 Å². The number of furan rings is 1. The first kappa shape index (κ1) is 16.5. The molecule has 2 aromatic heterocycles. The Bertz CT molecular complexity index is 866. The van der Waals surface area contributed by atoms with Crippen molar-refractivity contribution >= 4 is 23.2 Å². The fraction of sp³-hybridized carbons (Fsp3) is 0.167. The van der Waals surface area contributed by atoms with Crippen LogP contribution in [0.2, 0.25) is 0 Å². The second kappa shape index (κ2) is 7.04. The van der Waals surface area contributed by atoms with Crippen LogP contribution >= 0.6 is 0 Å². The molecule has 2 amide bonds. The smallest absolute Gasteiger partial charge is 0.258 e. The normalized spacial score (nSPS) is 11.8. The number of aromatic nitrogens is 2. The van der Waals surface area contributed by atoms with Crippen molar-refractivity contribution in [3.05, 3.63) is 66.6 Å². The quantitative estimate of drug-likeness (QED) is 0.747. The van der Waals surface area contributed by atoms with Crippen LogP contribution < -0.4 is 10.6 Å². The molecule has 0 saturated heterocycles. The molecule has 1 unspecified atom stereocenters. The minimum Gasteiger partial charge on any atom is -0.469 e. The number of aryl methyl sites for hydroxylation is 1. The third-order valence-electron chi connectivity index (χ3n) is 3.75. The van der Waals surface area contributed by atoms with Crippen molar-refractivity contribution in [1.29, 1.82) is 0 Å². The number of imidazole rings is 1. The van der Waals surface area contributed by atoms with Gasteiger partial charge in [0.25, 0.3) is 5.91 Å². The first-order valence-corrected chi connectivity index (χ1v) is 7.78. The van der Waals surface area contributed by atoms with Crippen LogP contribution in [0.1, 0.15) is 29.1 Å². The predicted octanol–water partition coefficient (Wildman–Crippen LogP) is 3.24. The summed E-state index contributed by atoms with van der Waals surface area (Å²) in [7, 11) is 0. The summed E-state index contributed by atoms with van der Waals surface area (Å²) >= 11 is 0. The van der Waals surface area contributed by atoms with Gasteiger partial charge in [-0.3, -0.25) is 9.59 Å². The topological polar surface area (TPSA) is 89.2 Å². The Balaban J connectivity index is 1.60. The molecule has 0 aliphatic heterocycles. The average Bonchev–Trinajstić information content (AvgIpc) is 3.27. The number of hydrogen-bond acceptors (Lipinski definition) is 4. The molecule has 1 aromatic carbocycles. The highest BCUT2D eigenvalue weighted by Gasteiger charge is 2.14. The fourth-order valence-corrected chi connectivity index (χ4v) is 2.28. The maximum Gasteiger partial charge on any atom is 0.258 e. The molecule has 3 aromatic rings. The lowest BCUT2D eigenvalue weighted by Crippen LogP contribution is -2.22. The molecular formula is C18H18N4O3. The van der Waals surface area contributed by atoms with Crippen LogP contribution in [0.4, 0.5) is 11.4 Å². The maximum atomic E-state index is 12.2. The van der Waals surface area contributed by atoms with Crippen LogP contribution in [0.3, 0.4) is 0 Å². The van der Waals surface area contributed by atoms with E-state index in [1.54, 1.807) is 67.5 Å². The molecule has 0 radical (unpaired) electrons. The number of anilines is 2. The number of nitrogens with zero attached hydrogens (tertiary/aromatic N) is 2. The zero-order valence-electron chi connectivity index (χ0n) is 13.9. The van der Waals surface area contributed by atoms with Crippen LogP contribution in [0.25, 0.3) is 0 Å². The molecule has 0 aliphatic rings. The van der Waals surface area contributed by atoms with Crippen LogP contribution in [0.5, 0.6) is 0 Å². The molecule has 0 fully saturated rings. The lowest BCUT2D eigenvalue weighted by molar-refractivity contribution is -0.118. The van der Waals surface area contributed by atoms with Crippen LogP contribution in [-0.4, -0.2) is 21.4 Å². The van der Waals surface area contributed by atoms with Crippen molar-refractivity contribution in [2.45, 2.75) is 19.9 Å². The van der Waals surface area contributed by atoms with E-state index in [-0.39, 0.29) is 17.9 Å². The molecule has 128 valence electrons. The van der Waals surface area contributed by atoms with E-state index >= 15 is 0 Å². The highest BCUT2D eigenvalue weighted by Crippen LogP contribution is 2.17. The van der Waals surface area contributed by atoms with Crippen molar-refractivity contribution in [3.8, 4) is 0 Å². The maximum absolute atomic E-state index is 12.2. The third-order valence-corrected chi connectivity index (χ3v) is 3.75. The van der Waals surface area contributed by atoms with Gasteiger partial charge < -0.3 is 19.6 Å². The molecule has 7 heteroatoms. The van der Waals surface area contributed by atoms with Crippen LogP contribution in [0.15, 0.2) is 59.7 Å². The van der Waals surface area contributed by atoms with E-state index in [1.165, 1.54) is 6.26 Å². The number of hydrogen-bond donors (Lipinski definition) is 2. The standard InChI is InChI=1S/C18H18N4O3/c1-12-9-14(10-25-12)18(24)21-16-5-3-15(4-6-16)20-17(23)13(2)22-8-7-19-11-22/h3-11,13H,1-2H3,(H,20,23)(H,21,24). The van der Waals surface area contributed by atoms with E-state index in [0.29, 0.717) is 22.7 Å². The minimum atomic E-state index is -0.369. The monoisotopic (exact) mass is 338 g/mol. The van der Waals surface area contributed by atoms with E-state index in [1.807, 2.05) is 0 Å². The fourth-order valence-electron chi connectivity index (χ4n) is 2.28. The zero-order chi connectivity index (χ0) is 17.8. The van der Waals surface area contributed by atoms with Crippen molar-refractivity contribution in [1.82, 2.24) is 9.55 Å². The van der Waals surface area contributed by atoms with Gasteiger partial charge in [0.05, 0.1) is 11.9 Å². The highest BCUT2D eigenvalue weighted by atomic mass is 16.3. The molecule has 0 aliphatic carbocycles. The molecule has 25 heavy (non-hydrogen) atoms. The number of rotatable bonds is 5. The Morgan fingerprint density at radius 2 is 1.84 bits per heavy atom. The first-order chi connectivity index (χ1) is 12.0. The highest BCUT2D eigenvalue weighted by molar-refractivity contribution is 6.04. The Hall–Kier alpha value is -3.35. The molecule has 1 atom stereocenters. The van der Waals surface area contributed by atoms with Gasteiger partial charge in [-0.2, -0.15) is 0 Å². The molecule has 3 rings (SSSR count). The molecule has 0 bridgehead atoms. The number of carbonyl (C=O) groups is 2. The summed E-state index contributed by atoms with van der Waals surface area (Å²) in [6, 6.07) is 8.21. The summed E-state index contributed by atoms with van der Waals surface area (Å²) in [5.41, 5.74) is 1.74. The molecule has 0 saturated carbocycles. The van der Waals surface area contributed by atoms with E-state index < -0.39 is 0 Å². The zero-order valence-corrected chi connectivity index (χ0v) is 13.9. The Labute approximate surface area is 144 Å². The van der Waals surface area contributed by atoms with Gasteiger partial charge >= 0.3 is 0 Å². The summed E-state index contributed by atoms with van der Waals surface area (Å²) in [5.74, 6) is 0.279. The molecule has 2 N–H and O–H groups in total. The van der Waals surface area contributed by atoms with Crippen molar-refractivity contribution < 1.29 is 14.0 Å². The number of nitrogens with one attached hydrogen (secondary N) is 2. The van der Waals surface area contributed by atoms with Gasteiger partial charge in [-0.1, -0.05) is 0 Å². The van der Waals surface area contributed by atoms with Gasteiger partial charge in [0, 0.05) is 23.8 Å². The lowest BCUT2D eigenvalue weighted by Gasteiger charge is -2.13. The summed E-state index contributed by atoms with van der Waals surface area (Å²) in [6.07, 6.45) is 6.38. The van der Waals surface area contributed by atoms with Gasteiger partial charge in [-0.15, -0.1) is 0 Å². The molecule has 0 spiro atoms. The second-order valence-electron chi connectivity index (χ2n) is 5.65. The van der Waals surface area contributed by atoms with Crippen LogP contribution in [0, 0.1) is 6.92 Å². The first-order valence-electron chi connectivity index (χ1n) is 7.78. The molecule has 2 heterocycles. The Morgan fingerprint density at radius 3 is 2.40 bits per heavy atom. The van der Waals surface area contributed by atoms with Gasteiger partial charge in [0.15, 0.2) is 0 Å². The summed E-state index contributed by atoms with van der Waals surface area (Å²) in [6.45, 7) is 3.57. The number of carbonyl (C=O) groups excluding carboxylic acids is 2. The average molecular weight is 338 g/mol. The molecular weight excluding hydrogens is 320 g/mol. The SMILES string of the molecule is Cc1cc(C(=O)Nc2ccc(NC(=O)C(C)n3ccnc3)cc2)co1. The van der Waals surface area contributed by atoms with Crippen molar-refractivity contribution in [3.63, 3.8) is 0 Å². The Morgan fingerprint density at radius 1 is 1.16 bits per heavy atom. The summed E-state index contributed by atoms with van der Waals surface area (Å²) in [4.78, 5) is 28.2. The summed E-state index contributed by atoms with van der Waals surface area (Å²) < 4.78 is 6.84. The molecule has 7 nitrogen and oxygen atoms in total. The summed E-state index contributed by atoms with van der Waals surface area (Å²) in [5, 5.41) is 5.60. The number of amides is 2. The van der Waals surface area contributed by atoms with Crippen LogP contribution in [-0.2, 0) is 4.79 Å². The third kappa shape index (κ3) is 3.95. The van der Waals surface area contributed by atoms with Gasteiger partial charge in [0.1, 0.15) is 18.1 Å². The van der Waals surface area contributed by atoms with Crippen molar-refractivity contribution in [2.24, 2.45) is 0 Å². The lowest BCUT2D eigenvalue weighted by atomic mass is 10.2. The predicted molar refractivity (Wildman–Crippen MR) is 93.4 cm³/mol. The van der Waals surface area contributed by atoms with E-state index in [0.717, 1.165) is 0 Å². The van der Waals surface area contributed by atoms with E-state index in [9.17, 15) is 9.59 Å². The Kier molecular flexibility index (Phi) is 4.65. The van der Waals surface area contributed by atoms with Gasteiger partial charge in [0.2, 0.25) is 5.91 Å². The van der Waals surface area contributed by atoms with E-state index in [4.69, 9.17) is 4.42 Å². The minimum absolute atomic E-state index is 0.149. The number of benzene rings is 1. The largest absolute Gasteiger partial charge is 0.469 e.